The van der Waals surface area contributed by atoms with Crippen molar-refractivity contribution in [3.63, 3.8) is 0 Å². The van der Waals surface area contributed by atoms with E-state index in [2.05, 4.69) is 27.5 Å². The molecule has 0 N–H and O–H groups in total. The van der Waals surface area contributed by atoms with Gasteiger partial charge in [-0.2, -0.15) is 0 Å². The summed E-state index contributed by atoms with van der Waals surface area (Å²) in [6, 6.07) is 9.76. The first-order chi connectivity index (χ1) is 10.2. The summed E-state index contributed by atoms with van der Waals surface area (Å²) in [5.74, 6) is 1.20. The molecule has 108 valence electrons. The molecule has 3 nitrogen and oxygen atoms in total. The Kier molecular flexibility index (Phi) is 4.13. The Balaban J connectivity index is 2.12. The highest BCUT2D eigenvalue weighted by molar-refractivity contribution is 6.31. The number of halogens is 2. The van der Waals surface area contributed by atoms with E-state index in [9.17, 15) is 0 Å². The first-order valence-electron chi connectivity index (χ1n) is 6.86. The quantitative estimate of drug-likeness (QED) is 0.666. The number of rotatable bonds is 4. The highest BCUT2D eigenvalue weighted by atomic mass is 35.5. The third kappa shape index (κ3) is 2.76. The molecule has 0 fully saturated rings. The van der Waals surface area contributed by atoms with Crippen molar-refractivity contribution in [2.75, 3.05) is 0 Å². The van der Waals surface area contributed by atoms with Gasteiger partial charge in [-0.15, -0.1) is 11.6 Å². The minimum atomic E-state index is 0.362. The Morgan fingerprint density at radius 1 is 1.24 bits per heavy atom. The highest BCUT2D eigenvalue weighted by Gasteiger charge is 2.12. The Labute approximate surface area is 133 Å². The lowest BCUT2D eigenvalue weighted by Gasteiger charge is -2.10. The van der Waals surface area contributed by atoms with Crippen LogP contribution in [0.2, 0.25) is 5.02 Å². The smallest absolute Gasteiger partial charge is 0.125 e. The predicted octanol–water partition coefficient (Wildman–Crippen LogP) is 4.43. The third-order valence-electron chi connectivity index (χ3n) is 3.58. The molecule has 0 amide bonds. The average Bonchev–Trinajstić information content (AvgIpc) is 2.85. The van der Waals surface area contributed by atoms with Gasteiger partial charge in [0.1, 0.15) is 5.82 Å². The molecule has 2 aromatic heterocycles. The van der Waals surface area contributed by atoms with Crippen molar-refractivity contribution in [2.45, 2.75) is 25.8 Å². The van der Waals surface area contributed by atoms with Crippen LogP contribution >= 0.6 is 23.2 Å². The zero-order valence-electron chi connectivity index (χ0n) is 11.7. The second-order valence-electron chi connectivity index (χ2n) is 4.84. The number of pyridine rings is 1. The fourth-order valence-corrected chi connectivity index (χ4v) is 2.88. The van der Waals surface area contributed by atoms with Crippen LogP contribution in [0.1, 0.15) is 24.0 Å². The number of fused-ring (bicyclic) bond motifs is 1. The summed E-state index contributed by atoms with van der Waals surface area (Å²) in [5.41, 5.74) is 4.18. The number of nitrogens with zero attached hydrogens (tertiary/aromatic N) is 3. The Morgan fingerprint density at radius 3 is 2.86 bits per heavy atom. The van der Waals surface area contributed by atoms with Crippen LogP contribution in [0.3, 0.4) is 0 Å². The minimum absolute atomic E-state index is 0.362. The van der Waals surface area contributed by atoms with Crippen molar-refractivity contribution in [3.8, 4) is 0 Å². The van der Waals surface area contributed by atoms with Crippen LogP contribution in [0.5, 0.6) is 0 Å². The Bertz CT molecular complexity index is 780. The molecule has 3 rings (SSSR count). The zero-order chi connectivity index (χ0) is 14.8. The summed E-state index contributed by atoms with van der Waals surface area (Å²) in [5, 5.41) is 0.696. The van der Waals surface area contributed by atoms with E-state index in [4.69, 9.17) is 23.2 Å². The summed E-state index contributed by atoms with van der Waals surface area (Å²) < 4.78 is 2.09. The number of hydrogen-bond donors (Lipinski definition) is 0. The largest absolute Gasteiger partial charge is 0.321 e. The van der Waals surface area contributed by atoms with E-state index in [1.165, 1.54) is 5.56 Å². The molecule has 21 heavy (non-hydrogen) atoms. The molecule has 0 spiro atoms. The summed E-state index contributed by atoms with van der Waals surface area (Å²) in [4.78, 5) is 9.07. The maximum Gasteiger partial charge on any atom is 0.125 e. The van der Waals surface area contributed by atoms with E-state index in [1.807, 2.05) is 30.5 Å². The van der Waals surface area contributed by atoms with Crippen molar-refractivity contribution in [1.29, 1.82) is 0 Å². The predicted molar refractivity (Wildman–Crippen MR) is 87.0 cm³/mol. The first-order valence-corrected chi connectivity index (χ1v) is 7.77. The number of aromatic nitrogens is 3. The third-order valence-corrected chi connectivity index (χ3v) is 4.06. The van der Waals surface area contributed by atoms with E-state index in [0.717, 1.165) is 29.0 Å². The van der Waals surface area contributed by atoms with E-state index < -0.39 is 0 Å². The maximum absolute atomic E-state index is 6.11. The van der Waals surface area contributed by atoms with Gasteiger partial charge < -0.3 is 4.57 Å². The molecule has 0 aliphatic rings. The van der Waals surface area contributed by atoms with Gasteiger partial charge in [0.25, 0.3) is 0 Å². The normalized spacial score (nSPS) is 11.2. The van der Waals surface area contributed by atoms with Crippen LogP contribution in [0, 0.1) is 0 Å². The molecule has 0 atom stereocenters. The Hall–Kier alpha value is -1.58. The van der Waals surface area contributed by atoms with Gasteiger partial charge in [-0.3, -0.25) is 4.98 Å². The van der Waals surface area contributed by atoms with E-state index in [1.54, 1.807) is 0 Å². The first kappa shape index (κ1) is 14.4. The number of imidazole rings is 1. The lowest BCUT2D eigenvalue weighted by Crippen LogP contribution is -2.07. The molecule has 3 aromatic rings. The van der Waals surface area contributed by atoms with Gasteiger partial charge in [0.15, 0.2) is 0 Å². The average molecular weight is 320 g/mol. The van der Waals surface area contributed by atoms with E-state index >= 15 is 0 Å². The standard InChI is InChI=1S/C16H15Cl2N3/c1-2-11-4-3-7-19-14(11)10-21-15-8-12(18)5-6-13(15)20-16(21)9-17/h3-8H,2,9-10H2,1H3. The molecular weight excluding hydrogens is 305 g/mol. The Morgan fingerprint density at radius 2 is 2.10 bits per heavy atom. The van der Waals surface area contributed by atoms with Crippen molar-refractivity contribution in [2.24, 2.45) is 0 Å². The molecule has 2 heterocycles. The molecule has 0 saturated heterocycles. The van der Waals surface area contributed by atoms with Gasteiger partial charge in [-0.25, -0.2) is 4.98 Å². The van der Waals surface area contributed by atoms with Crippen LogP contribution in [0.25, 0.3) is 11.0 Å². The molecule has 0 aliphatic carbocycles. The van der Waals surface area contributed by atoms with E-state index in [0.29, 0.717) is 17.4 Å². The number of aryl methyl sites for hydroxylation is 1. The van der Waals surface area contributed by atoms with Crippen molar-refractivity contribution < 1.29 is 0 Å². The minimum Gasteiger partial charge on any atom is -0.321 e. The van der Waals surface area contributed by atoms with Crippen LogP contribution in [0.15, 0.2) is 36.5 Å². The number of hydrogen-bond acceptors (Lipinski definition) is 2. The summed E-state index contributed by atoms with van der Waals surface area (Å²) in [7, 11) is 0. The summed E-state index contributed by atoms with van der Waals surface area (Å²) in [6.45, 7) is 2.79. The molecular formula is C16H15Cl2N3. The number of benzene rings is 1. The molecule has 0 radical (unpaired) electrons. The lowest BCUT2D eigenvalue weighted by molar-refractivity contribution is 0.747. The fraction of sp³-hybridized carbons (Fsp3) is 0.250. The number of alkyl halides is 1. The maximum atomic E-state index is 6.11. The van der Waals surface area contributed by atoms with Crippen LogP contribution in [0.4, 0.5) is 0 Å². The molecule has 1 aromatic carbocycles. The van der Waals surface area contributed by atoms with Crippen LogP contribution in [-0.4, -0.2) is 14.5 Å². The molecule has 5 heteroatoms. The van der Waals surface area contributed by atoms with Crippen molar-refractivity contribution >= 4 is 34.2 Å². The van der Waals surface area contributed by atoms with E-state index in [-0.39, 0.29) is 0 Å². The lowest BCUT2D eigenvalue weighted by atomic mass is 10.1. The molecule has 0 bridgehead atoms. The van der Waals surface area contributed by atoms with Gasteiger partial charge in [-0.05, 0) is 36.2 Å². The SMILES string of the molecule is CCc1cccnc1Cn1c(CCl)nc2ccc(Cl)cc21. The monoisotopic (exact) mass is 319 g/mol. The second-order valence-corrected chi connectivity index (χ2v) is 5.55. The van der Waals surface area contributed by atoms with Crippen LogP contribution < -0.4 is 0 Å². The fourth-order valence-electron chi connectivity index (χ4n) is 2.51. The zero-order valence-corrected chi connectivity index (χ0v) is 13.2. The van der Waals surface area contributed by atoms with Gasteiger partial charge in [-0.1, -0.05) is 24.6 Å². The molecule has 0 unspecified atom stereocenters. The van der Waals surface area contributed by atoms with Gasteiger partial charge >= 0.3 is 0 Å². The molecule has 0 aliphatic heterocycles. The van der Waals surface area contributed by atoms with Gasteiger partial charge in [0, 0.05) is 11.2 Å². The van der Waals surface area contributed by atoms with Crippen LogP contribution in [-0.2, 0) is 18.8 Å². The topological polar surface area (TPSA) is 30.7 Å². The van der Waals surface area contributed by atoms with Gasteiger partial charge in [0.05, 0.1) is 29.2 Å². The summed E-state index contributed by atoms with van der Waals surface area (Å²) >= 11 is 12.2. The molecule has 0 saturated carbocycles. The second kappa shape index (κ2) is 6.04. The highest BCUT2D eigenvalue weighted by Crippen LogP contribution is 2.23. The van der Waals surface area contributed by atoms with Crippen molar-refractivity contribution in [1.82, 2.24) is 14.5 Å². The summed E-state index contributed by atoms with van der Waals surface area (Å²) in [6.07, 6.45) is 2.77. The van der Waals surface area contributed by atoms with Crippen molar-refractivity contribution in [3.05, 3.63) is 58.6 Å². The van der Waals surface area contributed by atoms with Gasteiger partial charge in [0.2, 0.25) is 0 Å².